The molecule has 0 nitrogen and oxygen atoms in total. The third-order valence-electron chi connectivity index (χ3n) is 37.7. The summed E-state index contributed by atoms with van der Waals surface area (Å²) in [6.07, 6.45) is 95.8. The molecule has 15 atom stereocenters. The van der Waals surface area contributed by atoms with Crippen LogP contribution in [-0.2, 0) is 0 Å². The highest BCUT2D eigenvalue weighted by atomic mass is 14.5. The van der Waals surface area contributed by atoms with Crippen LogP contribution in [0.5, 0.6) is 0 Å². The monoisotopic (exact) mass is 1460 g/mol. The van der Waals surface area contributed by atoms with E-state index in [0.717, 1.165) is 178 Å². The second-order valence-electron chi connectivity index (χ2n) is 47.1. The average Bonchev–Trinajstić information content (AvgIpc) is 0.775. The summed E-state index contributed by atoms with van der Waals surface area (Å²) in [5.41, 5.74) is 0. The highest BCUT2D eigenvalue weighted by Crippen LogP contribution is 2.58. The van der Waals surface area contributed by atoms with Gasteiger partial charge in [0.15, 0.2) is 0 Å². The van der Waals surface area contributed by atoms with Crippen LogP contribution in [0.1, 0.15) is 474 Å². The molecule has 8 unspecified atom stereocenters. The Morgan fingerprint density at radius 3 is 0.594 bits per heavy atom. The summed E-state index contributed by atoms with van der Waals surface area (Å²) in [6, 6.07) is 0. The molecule has 29 fully saturated rings. The van der Waals surface area contributed by atoms with Gasteiger partial charge >= 0.3 is 0 Å². The van der Waals surface area contributed by atoms with E-state index in [4.69, 9.17) is 0 Å². The molecule has 0 aromatic heterocycles. The minimum atomic E-state index is 1.02. The van der Waals surface area contributed by atoms with Gasteiger partial charge < -0.3 is 0 Å². The van der Waals surface area contributed by atoms with E-state index in [0.29, 0.717) is 0 Å². The van der Waals surface area contributed by atoms with Crippen LogP contribution < -0.4 is 0 Å². The van der Waals surface area contributed by atoms with Gasteiger partial charge in [0.25, 0.3) is 0 Å². The van der Waals surface area contributed by atoms with E-state index in [9.17, 15) is 0 Å². The fourth-order valence-electron chi connectivity index (χ4n) is 30.4. The Labute approximate surface area is 665 Å². The molecule has 0 heteroatoms. The van der Waals surface area contributed by atoms with Crippen molar-refractivity contribution >= 4 is 0 Å². The Morgan fingerprint density at radius 2 is 0.321 bits per heavy atom. The second-order valence-corrected chi connectivity index (χ2v) is 47.1. The molecule has 29 aliphatic carbocycles. The van der Waals surface area contributed by atoms with Crippen LogP contribution in [0.4, 0.5) is 0 Å². The van der Waals surface area contributed by atoms with Crippen LogP contribution in [0.15, 0.2) is 0 Å². The summed E-state index contributed by atoms with van der Waals surface area (Å²) in [5.74, 6) is 36.5. The number of hydrogen-bond donors (Lipinski definition) is 0. The van der Waals surface area contributed by atoms with Crippen LogP contribution in [-0.4, -0.2) is 0 Å². The van der Waals surface area contributed by atoms with Gasteiger partial charge in [-0.25, -0.2) is 0 Å². The number of fused-ring (bicyclic) bond motifs is 34. The van der Waals surface area contributed by atoms with Gasteiger partial charge in [0.1, 0.15) is 0 Å². The molecule has 0 aromatic carbocycles. The predicted molar refractivity (Wildman–Crippen MR) is 464 cm³/mol. The van der Waals surface area contributed by atoms with E-state index >= 15 is 0 Å². The molecule has 0 N–H and O–H groups in total. The molecule has 106 heavy (non-hydrogen) atoms. The topological polar surface area (TPSA) is 0 Å². The van der Waals surface area contributed by atoms with Crippen molar-refractivity contribution in [2.24, 2.45) is 195 Å². The normalized spacial score (nSPS) is 48.0. The van der Waals surface area contributed by atoms with Crippen molar-refractivity contribution in [2.75, 3.05) is 0 Å². The van der Waals surface area contributed by atoms with Crippen LogP contribution in [0.25, 0.3) is 0 Å². The summed E-state index contributed by atoms with van der Waals surface area (Å²) < 4.78 is 0. The van der Waals surface area contributed by atoms with Crippen molar-refractivity contribution in [2.45, 2.75) is 474 Å². The van der Waals surface area contributed by atoms with E-state index < -0.39 is 0 Å². The molecule has 22 bridgehead atoms. The zero-order valence-electron chi connectivity index (χ0n) is 73.9. The molecule has 29 rings (SSSR count). The maximum Gasteiger partial charge on any atom is -0.0380 e. The van der Waals surface area contributed by atoms with E-state index in [2.05, 4.69) is 76.2 Å². The fraction of sp³-hybridized carbons (Fsp3) is 1.00. The molecule has 29 aliphatic rings. The Morgan fingerprint density at radius 1 is 0.113 bits per heavy atom. The van der Waals surface area contributed by atoms with Gasteiger partial charge in [0, 0.05) is 0 Å². The summed E-state index contributed by atoms with van der Waals surface area (Å²) in [6.45, 7) is 26.8. The van der Waals surface area contributed by atoms with Crippen molar-refractivity contribution in [1.29, 1.82) is 0 Å². The maximum absolute atomic E-state index is 2.47. The zero-order valence-corrected chi connectivity index (χ0v) is 73.9. The van der Waals surface area contributed by atoms with Gasteiger partial charge in [0.05, 0.1) is 0 Å². The second kappa shape index (κ2) is 43.8. The Balaban J connectivity index is 0.000000110. The van der Waals surface area contributed by atoms with E-state index in [1.807, 2.05) is 0 Å². The van der Waals surface area contributed by atoms with Gasteiger partial charge in [-0.05, 0) is 349 Å². The summed E-state index contributed by atoms with van der Waals surface area (Å²) >= 11 is 0. The highest BCUT2D eigenvalue weighted by Gasteiger charge is 2.49. The summed E-state index contributed by atoms with van der Waals surface area (Å²) in [7, 11) is 0. The van der Waals surface area contributed by atoms with Crippen molar-refractivity contribution in [1.82, 2.24) is 0 Å². The van der Waals surface area contributed by atoms with Crippen molar-refractivity contribution in [3.05, 3.63) is 0 Å². The largest absolute Gasteiger partial charge is 0.0625 e. The minimum Gasteiger partial charge on any atom is -0.0625 e. The highest BCUT2D eigenvalue weighted by molar-refractivity contribution is 4.99. The molecule has 29 saturated carbocycles. The molecule has 0 amide bonds. The lowest BCUT2D eigenvalue weighted by Gasteiger charge is -2.56. The first-order valence-corrected chi connectivity index (χ1v) is 51.4. The maximum atomic E-state index is 2.47. The minimum absolute atomic E-state index is 1.02. The van der Waals surface area contributed by atoms with E-state index in [1.165, 1.54) is 165 Å². The lowest BCUT2D eigenvalue weighted by molar-refractivity contribution is -0.0673. The molecule has 0 aliphatic heterocycles. The number of hydrogen-bond acceptors (Lipinski definition) is 0. The molecule has 614 valence electrons. The van der Waals surface area contributed by atoms with Crippen LogP contribution >= 0.6 is 0 Å². The lowest BCUT2D eigenvalue weighted by atomic mass is 9.49. The molecule has 0 spiro atoms. The van der Waals surface area contributed by atoms with Gasteiger partial charge in [-0.3, -0.25) is 0 Å². The molecular weight excluding hydrogens is 1270 g/mol. The Bertz CT molecular complexity index is 2230. The lowest BCUT2D eigenvalue weighted by Crippen LogP contribution is -2.48. The third-order valence-corrected chi connectivity index (χ3v) is 37.7. The average molecular weight is 1460 g/mol. The van der Waals surface area contributed by atoms with Crippen LogP contribution in [0, 0.1) is 195 Å². The zero-order chi connectivity index (χ0) is 73.9. The summed E-state index contributed by atoms with van der Waals surface area (Å²) in [4.78, 5) is 0. The standard InChI is InChI=1S/C13H24.2C12H22.2C11H20.2C9H16.2C8H14.C7H12.C6H10/c1-11-8-9-12-4-2-6-13(10-11)7-3-5-12;1-10-8-11-4-2-5-12(9-10)7-3-6-11;1-10-5-6-11-3-2-4-12(9-10)8-7-11;1-9-2-3-10-4-6-11(8-9)7-5-10;1-9-7-10-3-2-4-11(8-9)6-5-10;1-7-6-8-2-4-9(7)5-3-8;1-7-5-8-3-2-4-9(7)6-8;1-6-2-7-4-8(3-6)5-7;1-6-4-7-2-3-8(6)5-7;1-5-2-6-3-7(5)4-6;1-4-5-2-6(4)3-5/h11-13H,2-10H2,1H3;2*10-12H,2-9H2,1H3;2*9-11H,2-8H2,1H3;2*7-9H,2-6H2,1H3;2*6-8H,2-5H2,1H3;5-7H,2-4H2,1H3;4-6H,2-3H2,1H3/t11-,12?,13?;;10-,11?,12?;9-,10?,11?;;2*7-,8?,9?;;6-,7?,8?;5-,6?,7?;/m1.11.11.00./s1. The first-order valence-electron chi connectivity index (χ1n) is 51.4. The summed E-state index contributed by atoms with van der Waals surface area (Å²) in [5, 5.41) is 0. The van der Waals surface area contributed by atoms with E-state index in [1.54, 1.807) is 250 Å². The van der Waals surface area contributed by atoms with Gasteiger partial charge in [-0.2, -0.15) is 0 Å². The Hall–Kier alpha value is 0. The van der Waals surface area contributed by atoms with Gasteiger partial charge in [-0.1, -0.05) is 320 Å². The third kappa shape index (κ3) is 27.6. The van der Waals surface area contributed by atoms with Crippen molar-refractivity contribution in [3.8, 4) is 0 Å². The molecular formula is C106H190. The van der Waals surface area contributed by atoms with Gasteiger partial charge in [-0.15, -0.1) is 0 Å². The predicted octanol–water partition coefficient (Wildman–Crippen LogP) is 33.9. The quantitative estimate of drug-likeness (QED) is 0.227. The van der Waals surface area contributed by atoms with Crippen molar-refractivity contribution < 1.29 is 0 Å². The molecule has 0 radical (unpaired) electrons. The van der Waals surface area contributed by atoms with Gasteiger partial charge in [0.2, 0.25) is 0 Å². The molecule has 0 heterocycles. The fourth-order valence-corrected chi connectivity index (χ4v) is 30.4. The first kappa shape index (κ1) is 85.4. The SMILES string of the molecule is CC1C2CC1C2.CC1CC2CC(C1)C2.CC1CC2CCCC(CC2)C1.CC1CC2CCCC(CCC2)C1.C[C@@H]1CC2CCC1CC2.C[C@@H]1CC2CCCC1C2.C[C@@H]1CCC2CCC(CC2)C1.C[C@@H]1CCC2CCCC(CC2)C1.C[C@@H]1CCC2CCCC(CCC2)C1.C[C@H]1CC2CC1C2.C[C@H]1CC2CCC1C2. The van der Waals surface area contributed by atoms with Crippen LogP contribution in [0.3, 0.4) is 0 Å². The van der Waals surface area contributed by atoms with Crippen molar-refractivity contribution in [3.63, 3.8) is 0 Å². The first-order chi connectivity index (χ1) is 51.4. The molecule has 0 saturated heterocycles. The Kier molecular flexibility index (Phi) is 35.3. The van der Waals surface area contributed by atoms with Crippen LogP contribution in [0.2, 0.25) is 0 Å². The number of rotatable bonds is 0. The smallest absolute Gasteiger partial charge is 0.0380 e. The molecule has 0 aromatic rings. The van der Waals surface area contributed by atoms with E-state index in [-0.39, 0.29) is 0 Å².